The number of fused-ring (bicyclic) bond motifs is 1. The molecule has 0 saturated heterocycles. The third-order valence-corrected chi connectivity index (χ3v) is 6.86. The highest BCUT2D eigenvalue weighted by atomic mass is 79.9. The van der Waals surface area contributed by atoms with Crippen molar-refractivity contribution in [2.24, 2.45) is 0 Å². The number of amides is 1. The highest BCUT2D eigenvalue weighted by molar-refractivity contribution is 9.10. The first-order valence-corrected chi connectivity index (χ1v) is 13.3. The molecule has 0 saturated carbocycles. The van der Waals surface area contributed by atoms with Crippen molar-refractivity contribution in [1.29, 1.82) is 0 Å². The maximum absolute atomic E-state index is 13.1. The van der Waals surface area contributed by atoms with Crippen LogP contribution in [0.3, 0.4) is 0 Å². The van der Waals surface area contributed by atoms with Gasteiger partial charge in [-0.05, 0) is 51.8 Å². The number of nitrogens with zero attached hydrogens (tertiary/aromatic N) is 2. The van der Waals surface area contributed by atoms with Gasteiger partial charge in [-0.2, -0.15) is 0 Å². The Hall–Kier alpha value is -4.34. The van der Waals surface area contributed by atoms with Gasteiger partial charge in [-0.1, -0.05) is 41.9 Å². The van der Waals surface area contributed by atoms with Crippen LogP contribution in [0.1, 0.15) is 15.9 Å². The molecule has 1 amide bonds. The molecule has 0 aliphatic heterocycles. The second-order valence-electron chi connectivity index (χ2n) is 8.72. The molecule has 0 atom stereocenters. The minimum Gasteiger partial charge on any atom is -0.493 e. The van der Waals surface area contributed by atoms with Crippen molar-refractivity contribution in [3.63, 3.8) is 0 Å². The van der Waals surface area contributed by atoms with Gasteiger partial charge in [0, 0.05) is 34.4 Å². The van der Waals surface area contributed by atoms with E-state index in [0.717, 1.165) is 10.9 Å². The quantitative estimate of drug-likeness (QED) is 0.202. The summed E-state index contributed by atoms with van der Waals surface area (Å²) in [5.41, 5.74) is 1.50. The van der Waals surface area contributed by atoms with Crippen LogP contribution < -0.4 is 25.1 Å². The lowest BCUT2D eigenvalue weighted by molar-refractivity contribution is 0.102. The molecule has 2 aromatic heterocycles. The standard InChI is InChI=1S/C30H23BrClN3O5/c1-38-27-14-21-25(15-28(27)39-2)33-11-10-26(21)40-20-8-9-24(23(32)13-20)34-29(36)22-12-19(31)17-35(30(22)37)16-18-6-4-3-5-7-18/h3-15,17H,16H2,1-2H3,(H,34,36). The number of aromatic nitrogens is 2. The molecule has 0 spiro atoms. The number of carbonyl (C=O) groups is 1. The third-order valence-electron chi connectivity index (χ3n) is 6.12. The highest BCUT2D eigenvalue weighted by Crippen LogP contribution is 2.38. The molecule has 40 heavy (non-hydrogen) atoms. The summed E-state index contributed by atoms with van der Waals surface area (Å²) >= 11 is 9.91. The van der Waals surface area contributed by atoms with Crippen molar-refractivity contribution in [2.75, 3.05) is 19.5 Å². The summed E-state index contributed by atoms with van der Waals surface area (Å²) in [6.45, 7) is 0.328. The van der Waals surface area contributed by atoms with Crippen molar-refractivity contribution < 1.29 is 19.0 Å². The van der Waals surface area contributed by atoms with E-state index in [4.69, 9.17) is 25.8 Å². The van der Waals surface area contributed by atoms with Crippen molar-refractivity contribution in [2.45, 2.75) is 6.54 Å². The van der Waals surface area contributed by atoms with Gasteiger partial charge in [0.1, 0.15) is 17.1 Å². The molecule has 5 rings (SSSR count). The molecule has 8 nitrogen and oxygen atoms in total. The van der Waals surface area contributed by atoms with E-state index in [1.807, 2.05) is 30.3 Å². The number of ether oxygens (including phenoxy) is 3. The van der Waals surface area contributed by atoms with Crippen LogP contribution in [0.2, 0.25) is 5.02 Å². The van der Waals surface area contributed by atoms with Gasteiger partial charge >= 0.3 is 0 Å². The van der Waals surface area contributed by atoms with E-state index in [0.29, 0.717) is 45.2 Å². The van der Waals surface area contributed by atoms with Crippen molar-refractivity contribution >= 4 is 50.0 Å². The van der Waals surface area contributed by atoms with Gasteiger partial charge in [0.05, 0.1) is 37.0 Å². The number of methoxy groups -OCH3 is 2. The van der Waals surface area contributed by atoms with E-state index < -0.39 is 11.5 Å². The number of pyridine rings is 2. The third kappa shape index (κ3) is 5.80. The van der Waals surface area contributed by atoms with Crippen LogP contribution >= 0.6 is 27.5 Å². The lowest BCUT2D eigenvalue weighted by Gasteiger charge is -2.14. The van der Waals surface area contributed by atoms with Crippen LogP contribution in [0, 0.1) is 0 Å². The van der Waals surface area contributed by atoms with E-state index in [-0.39, 0.29) is 10.6 Å². The number of halogens is 2. The molecule has 2 heterocycles. The maximum Gasteiger partial charge on any atom is 0.263 e. The van der Waals surface area contributed by atoms with Crippen molar-refractivity contribution in [3.05, 3.63) is 116 Å². The summed E-state index contributed by atoms with van der Waals surface area (Å²) in [7, 11) is 3.11. The molecule has 0 unspecified atom stereocenters. The van der Waals surface area contributed by atoms with E-state index in [2.05, 4.69) is 26.2 Å². The maximum atomic E-state index is 13.1. The molecule has 0 fully saturated rings. The fraction of sp³-hybridized carbons (Fsp3) is 0.100. The summed E-state index contributed by atoms with van der Waals surface area (Å²) in [6.07, 6.45) is 3.28. The molecule has 0 aliphatic carbocycles. The number of nitrogens with one attached hydrogen (secondary N) is 1. The second-order valence-corrected chi connectivity index (χ2v) is 10.0. The number of carbonyl (C=O) groups excluding carboxylic acids is 1. The van der Waals surface area contributed by atoms with E-state index in [1.54, 1.807) is 63.0 Å². The smallest absolute Gasteiger partial charge is 0.263 e. The van der Waals surface area contributed by atoms with Gasteiger partial charge in [-0.3, -0.25) is 14.6 Å². The largest absolute Gasteiger partial charge is 0.493 e. The van der Waals surface area contributed by atoms with Gasteiger partial charge in [0.25, 0.3) is 11.5 Å². The Bertz CT molecular complexity index is 1780. The first-order chi connectivity index (χ1) is 19.4. The Labute approximate surface area is 243 Å². The lowest BCUT2D eigenvalue weighted by atomic mass is 10.2. The van der Waals surface area contributed by atoms with Crippen molar-refractivity contribution in [3.8, 4) is 23.0 Å². The number of anilines is 1. The Morgan fingerprint density at radius 1 is 0.975 bits per heavy atom. The monoisotopic (exact) mass is 619 g/mol. The van der Waals surface area contributed by atoms with E-state index in [1.165, 1.54) is 10.6 Å². The predicted octanol–water partition coefficient (Wildman–Crippen LogP) is 6.92. The van der Waals surface area contributed by atoms with Crippen LogP contribution in [0.15, 0.2) is 94.5 Å². The second kappa shape index (κ2) is 11.8. The summed E-state index contributed by atoms with van der Waals surface area (Å²) in [5, 5.41) is 3.69. The Morgan fingerprint density at radius 3 is 2.45 bits per heavy atom. The molecule has 3 aromatic carbocycles. The highest BCUT2D eigenvalue weighted by Gasteiger charge is 2.17. The number of hydrogen-bond donors (Lipinski definition) is 1. The van der Waals surface area contributed by atoms with Crippen LogP contribution in [0.25, 0.3) is 10.9 Å². The summed E-state index contributed by atoms with van der Waals surface area (Å²) in [6, 6.07) is 21.2. The van der Waals surface area contributed by atoms with Crippen LogP contribution in [0.5, 0.6) is 23.0 Å². The van der Waals surface area contributed by atoms with Gasteiger partial charge in [0.15, 0.2) is 11.5 Å². The zero-order valence-corrected chi connectivity index (χ0v) is 23.8. The number of rotatable bonds is 8. The zero-order chi connectivity index (χ0) is 28.2. The van der Waals surface area contributed by atoms with Crippen LogP contribution in [-0.2, 0) is 6.54 Å². The van der Waals surface area contributed by atoms with Gasteiger partial charge in [-0.25, -0.2) is 0 Å². The first-order valence-electron chi connectivity index (χ1n) is 12.1. The molecular formula is C30H23BrClN3O5. The molecule has 0 aliphatic rings. The summed E-state index contributed by atoms with van der Waals surface area (Å²) < 4.78 is 19.0. The fourth-order valence-electron chi connectivity index (χ4n) is 4.17. The summed E-state index contributed by atoms with van der Waals surface area (Å²) in [4.78, 5) is 30.6. The summed E-state index contributed by atoms with van der Waals surface area (Å²) in [5.74, 6) is 1.49. The molecular weight excluding hydrogens is 598 g/mol. The molecule has 1 N–H and O–H groups in total. The van der Waals surface area contributed by atoms with Gasteiger partial charge in [0.2, 0.25) is 0 Å². The zero-order valence-electron chi connectivity index (χ0n) is 21.5. The SMILES string of the molecule is COc1cc2nccc(Oc3ccc(NC(=O)c4cc(Br)cn(Cc5ccccc5)c4=O)c(Cl)c3)c2cc1OC. The first kappa shape index (κ1) is 27.2. The molecule has 5 aromatic rings. The van der Waals surface area contributed by atoms with Gasteiger partial charge in [-0.15, -0.1) is 0 Å². The van der Waals surface area contributed by atoms with Crippen LogP contribution in [-0.4, -0.2) is 29.7 Å². The lowest BCUT2D eigenvalue weighted by Crippen LogP contribution is -2.29. The minimum absolute atomic E-state index is 0.0191. The van der Waals surface area contributed by atoms with E-state index >= 15 is 0 Å². The Kier molecular flexibility index (Phi) is 8.04. The Balaban J connectivity index is 1.37. The molecule has 10 heteroatoms. The van der Waals surface area contributed by atoms with E-state index in [9.17, 15) is 9.59 Å². The molecule has 0 bridgehead atoms. The minimum atomic E-state index is -0.579. The topological polar surface area (TPSA) is 91.7 Å². The fourth-order valence-corrected chi connectivity index (χ4v) is 4.87. The predicted molar refractivity (Wildman–Crippen MR) is 158 cm³/mol. The molecule has 0 radical (unpaired) electrons. The average Bonchev–Trinajstić information content (AvgIpc) is 2.96. The number of hydrogen-bond acceptors (Lipinski definition) is 6. The van der Waals surface area contributed by atoms with Crippen molar-refractivity contribution in [1.82, 2.24) is 9.55 Å². The van der Waals surface area contributed by atoms with Crippen LogP contribution in [0.4, 0.5) is 5.69 Å². The normalized spacial score (nSPS) is 10.8. The number of benzene rings is 3. The van der Waals surface area contributed by atoms with Gasteiger partial charge < -0.3 is 24.1 Å². The molecule has 202 valence electrons. The average molecular weight is 621 g/mol. The Morgan fingerprint density at radius 2 is 1.73 bits per heavy atom.